The molecule has 1 aromatic carbocycles. The quantitative estimate of drug-likeness (QED) is 0.179. The Kier molecular flexibility index (Phi) is 14.1. The fourth-order valence-electron chi connectivity index (χ4n) is 4.18. The van der Waals surface area contributed by atoms with Crippen molar-refractivity contribution in [1.82, 2.24) is 20.9 Å². The van der Waals surface area contributed by atoms with Crippen LogP contribution in [0.2, 0.25) is 0 Å². The van der Waals surface area contributed by atoms with Crippen molar-refractivity contribution in [2.24, 2.45) is 11.8 Å². The summed E-state index contributed by atoms with van der Waals surface area (Å²) in [7, 11) is -3.75. The van der Waals surface area contributed by atoms with E-state index in [1.807, 2.05) is 20.8 Å². The molecule has 11 nitrogen and oxygen atoms in total. The molecule has 2 rings (SSSR count). The summed E-state index contributed by atoms with van der Waals surface area (Å²) in [6.45, 7) is 7.55. The fourth-order valence-corrected chi connectivity index (χ4v) is 5.81. The highest BCUT2D eigenvalue weighted by Gasteiger charge is 2.36. The lowest BCUT2D eigenvalue weighted by molar-refractivity contribution is -0.132. The number of rotatable bonds is 17. The van der Waals surface area contributed by atoms with Crippen molar-refractivity contribution in [2.45, 2.75) is 71.2 Å². The molecule has 1 aromatic heterocycles. The van der Waals surface area contributed by atoms with E-state index in [0.29, 0.717) is 19.4 Å². The lowest BCUT2D eigenvalue weighted by Gasteiger charge is -2.32. The number of nitrogens with zero attached hydrogens (tertiary/aromatic N) is 1. The van der Waals surface area contributed by atoms with Crippen LogP contribution in [0.3, 0.4) is 0 Å². The van der Waals surface area contributed by atoms with Gasteiger partial charge in [-0.25, -0.2) is 8.42 Å². The molecule has 0 bridgehead atoms. The molecule has 5 N–H and O–H groups in total. The van der Waals surface area contributed by atoms with Gasteiger partial charge in [-0.2, -0.15) is 0 Å². The van der Waals surface area contributed by atoms with Crippen LogP contribution in [0.5, 0.6) is 0 Å². The zero-order valence-electron chi connectivity index (χ0n) is 24.7. The fraction of sp³-hybridized carbons (Fsp3) is 0.533. The van der Waals surface area contributed by atoms with E-state index in [4.69, 9.17) is 0 Å². The molecule has 0 radical (unpaired) electrons. The normalized spacial score (nSPS) is 15.2. The Balaban J connectivity index is 2.33. The number of sulfone groups is 1. The second-order valence-electron chi connectivity index (χ2n) is 10.9. The minimum absolute atomic E-state index is 0.00113. The van der Waals surface area contributed by atoms with Gasteiger partial charge in [0.05, 0.1) is 29.6 Å². The van der Waals surface area contributed by atoms with Crippen LogP contribution in [0.15, 0.2) is 54.7 Å². The highest BCUT2D eigenvalue weighted by Crippen LogP contribution is 2.16. The van der Waals surface area contributed by atoms with Crippen molar-refractivity contribution < 1.29 is 33.0 Å². The van der Waals surface area contributed by atoms with Gasteiger partial charge in [-0.15, -0.1) is 0 Å². The molecule has 0 saturated heterocycles. The second-order valence-corrected chi connectivity index (χ2v) is 13.2. The van der Waals surface area contributed by atoms with Crippen LogP contribution in [0.1, 0.15) is 56.6 Å². The summed E-state index contributed by atoms with van der Waals surface area (Å²) < 4.78 is 25.7. The van der Waals surface area contributed by atoms with Gasteiger partial charge in [0.15, 0.2) is 9.84 Å². The standard InChI is InChI=1S/C30H44N4O7S/c1-5-6-16-42(40,41)19-25(34-29(38)23-14-10-11-15-31-23)30(39)33-24(17-22-12-8-7-9-13-22)27(36)26(35)21(4)28(37)32-18-20(2)3/h7-15,20-21,24-27,35-36H,5-6,16-19H2,1-4H3,(H,32,37)(H,33,39)(H,34,38)/t21-,24+,25?,26-,27-/m1/s1. The Hall–Kier alpha value is -3.35. The largest absolute Gasteiger partial charge is 0.390 e. The molecule has 0 aliphatic carbocycles. The Morgan fingerprint density at radius 1 is 0.905 bits per heavy atom. The molecule has 2 aromatic rings. The number of hydrogen-bond acceptors (Lipinski definition) is 8. The number of aromatic nitrogens is 1. The molecular formula is C30H44N4O7S. The van der Waals surface area contributed by atoms with E-state index in [0.717, 1.165) is 5.56 Å². The van der Waals surface area contributed by atoms with Crippen LogP contribution in [0, 0.1) is 11.8 Å². The summed E-state index contributed by atoms with van der Waals surface area (Å²) in [5.41, 5.74) is 0.717. The van der Waals surface area contributed by atoms with Crippen LogP contribution >= 0.6 is 0 Å². The molecule has 0 aliphatic rings. The number of unbranched alkanes of at least 4 members (excludes halogenated alkanes) is 1. The predicted octanol–water partition coefficient (Wildman–Crippen LogP) is 1.25. The first kappa shape index (κ1) is 34.8. The summed E-state index contributed by atoms with van der Waals surface area (Å²) in [5.74, 6) is -3.71. The number of benzene rings is 1. The molecule has 0 fully saturated rings. The monoisotopic (exact) mass is 604 g/mol. The Morgan fingerprint density at radius 2 is 1.57 bits per heavy atom. The van der Waals surface area contributed by atoms with Crippen LogP contribution in [-0.4, -0.2) is 83.7 Å². The van der Waals surface area contributed by atoms with E-state index >= 15 is 0 Å². The van der Waals surface area contributed by atoms with Crippen molar-refractivity contribution in [3.8, 4) is 0 Å². The van der Waals surface area contributed by atoms with E-state index in [2.05, 4.69) is 20.9 Å². The molecule has 1 heterocycles. The van der Waals surface area contributed by atoms with E-state index in [-0.39, 0.29) is 23.8 Å². The smallest absolute Gasteiger partial charge is 0.270 e. The second kappa shape index (κ2) is 16.9. The third kappa shape index (κ3) is 11.5. The van der Waals surface area contributed by atoms with Gasteiger partial charge in [0.1, 0.15) is 17.8 Å². The molecule has 1 unspecified atom stereocenters. The Bertz CT molecular complexity index is 1240. The molecule has 3 amide bonds. The van der Waals surface area contributed by atoms with E-state index in [1.54, 1.807) is 42.5 Å². The number of aliphatic hydroxyl groups excluding tert-OH is 2. The van der Waals surface area contributed by atoms with Crippen molar-refractivity contribution in [3.63, 3.8) is 0 Å². The summed E-state index contributed by atoms with van der Waals surface area (Å²) in [6, 6.07) is 10.9. The Labute approximate surface area is 248 Å². The molecule has 42 heavy (non-hydrogen) atoms. The first-order valence-corrected chi connectivity index (χ1v) is 16.1. The van der Waals surface area contributed by atoms with E-state index in [9.17, 15) is 33.0 Å². The van der Waals surface area contributed by atoms with Gasteiger partial charge in [0.25, 0.3) is 5.91 Å². The van der Waals surface area contributed by atoms with Gasteiger partial charge >= 0.3 is 0 Å². The maximum absolute atomic E-state index is 13.6. The average molecular weight is 605 g/mol. The van der Waals surface area contributed by atoms with Gasteiger partial charge in [-0.05, 0) is 36.5 Å². The highest BCUT2D eigenvalue weighted by atomic mass is 32.2. The average Bonchev–Trinajstić information content (AvgIpc) is 2.97. The first-order chi connectivity index (χ1) is 19.8. The van der Waals surface area contributed by atoms with Gasteiger partial charge in [-0.1, -0.05) is 70.5 Å². The maximum atomic E-state index is 13.6. The molecule has 12 heteroatoms. The number of hydrogen-bond donors (Lipinski definition) is 5. The lowest BCUT2D eigenvalue weighted by Crippen LogP contribution is -2.58. The minimum Gasteiger partial charge on any atom is -0.390 e. The number of nitrogens with one attached hydrogen (secondary N) is 3. The zero-order valence-corrected chi connectivity index (χ0v) is 25.5. The topological polar surface area (TPSA) is 175 Å². The number of carbonyl (C=O) groups excluding carboxylic acids is 3. The van der Waals surface area contributed by atoms with Crippen molar-refractivity contribution in [2.75, 3.05) is 18.1 Å². The summed E-state index contributed by atoms with van der Waals surface area (Å²) in [5, 5.41) is 30.0. The van der Waals surface area contributed by atoms with Gasteiger partial charge < -0.3 is 26.2 Å². The number of carbonyl (C=O) groups is 3. The van der Waals surface area contributed by atoms with Crippen LogP contribution < -0.4 is 16.0 Å². The molecule has 0 aliphatic heterocycles. The zero-order chi connectivity index (χ0) is 31.3. The van der Waals surface area contributed by atoms with E-state index in [1.165, 1.54) is 19.2 Å². The molecule has 0 saturated carbocycles. The van der Waals surface area contributed by atoms with Crippen molar-refractivity contribution in [3.05, 3.63) is 66.0 Å². The highest BCUT2D eigenvalue weighted by molar-refractivity contribution is 7.91. The number of amides is 3. The van der Waals surface area contributed by atoms with Crippen molar-refractivity contribution in [1.29, 1.82) is 0 Å². The molecular weight excluding hydrogens is 560 g/mol. The number of pyridine rings is 1. The maximum Gasteiger partial charge on any atom is 0.270 e. The molecule has 0 spiro atoms. The third-order valence-corrected chi connectivity index (χ3v) is 8.50. The molecule has 232 valence electrons. The Morgan fingerprint density at radius 3 is 2.17 bits per heavy atom. The SMILES string of the molecule is CCCCS(=O)(=O)CC(NC(=O)c1ccccn1)C(=O)N[C@@H](Cc1ccccc1)[C@@H](O)[C@H](O)[C@@H](C)C(=O)NCC(C)C. The minimum atomic E-state index is -3.75. The summed E-state index contributed by atoms with van der Waals surface area (Å²) in [6.07, 6.45) is -0.673. The van der Waals surface area contributed by atoms with E-state index < -0.39 is 63.5 Å². The predicted molar refractivity (Wildman–Crippen MR) is 160 cm³/mol. The third-order valence-electron chi connectivity index (χ3n) is 6.75. The summed E-state index contributed by atoms with van der Waals surface area (Å²) >= 11 is 0. The molecule has 5 atom stereocenters. The van der Waals surface area contributed by atoms with Crippen LogP contribution in [-0.2, 0) is 25.8 Å². The number of aliphatic hydroxyl groups is 2. The van der Waals surface area contributed by atoms with Crippen LogP contribution in [0.25, 0.3) is 0 Å². The van der Waals surface area contributed by atoms with Gasteiger partial charge in [-0.3, -0.25) is 19.4 Å². The van der Waals surface area contributed by atoms with Gasteiger partial charge in [0.2, 0.25) is 11.8 Å². The first-order valence-electron chi connectivity index (χ1n) is 14.2. The van der Waals surface area contributed by atoms with Gasteiger partial charge in [0, 0.05) is 12.7 Å². The lowest BCUT2D eigenvalue weighted by atomic mass is 9.90. The summed E-state index contributed by atoms with van der Waals surface area (Å²) in [4.78, 5) is 43.0. The van der Waals surface area contributed by atoms with Crippen molar-refractivity contribution >= 4 is 27.6 Å². The van der Waals surface area contributed by atoms with Crippen LogP contribution in [0.4, 0.5) is 0 Å².